The first-order valence-electron chi connectivity index (χ1n) is 8.45. The highest BCUT2D eigenvalue weighted by molar-refractivity contribution is 7.99. The molecule has 3 rings (SSSR count). The second-order valence-corrected chi connectivity index (χ2v) is 7.71. The third-order valence-electron chi connectivity index (χ3n) is 4.95. The van der Waals surface area contributed by atoms with E-state index in [2.05, 4.69) is 16.3 Å². The van der Waals surface area contributed by atoms with Crippen molar-refractivity contribution < 1.29 is 9.90 Å². The van der Waals surface area contributed by atoms with E-state index in [4.69, 9.17) is 0 Å². The first kappa shape index (κ1) is 17.1. The van der Waals surface area contributed by atoms with Gasteiger partial charge in [-0.15, -0.1) is 0 Å². The number of para-hydroxylation sites is 1. The number of carbonyl (C=O) groups excluding carboxylic acids is 1. The van der Waals surface area contributed by atoms with Gasteiger partial charge >= 0.3 is 0 Å². The molecule has 0 aliphatic carbocycles. The number of aliphatic hydroxyl groups is 1. The molecule has 1 aromatic rings. The van der Waals surface area contributed by atoms with Crippen LogP contribution in [0.2, 0.25) is 0 Å². The number of nitriles is 1. The summed E-state index contributed by atoms with van der Waals surface area (Å²) in [6, 6.07) is 9.94. The summed E-state index contributed by atoms with van der Waals surface area (Å²) in [6.45, 7) is 2.40. The number of hydrogen-bond donors (Lipinski definition) is 2. The van der Waals surface area contributed by atoms with Gasteiger partial charge in [-0.3, -0.25) is 4.79 Å². The average Bonchev–Trinajstić information content (AvgIpc) is 3.08. The second-order valence-electron chi connectivity index (χ2n) is 6.60. The predicted octanol–water partition coefficient (Wildman–Crippen LogP) is 1.76. The summed E-state index contributed by atoms with van der Waals surface area (Å²) < 4.78 is 0. The monoisotopic (exact) mass is 345 g/mol. The van der Waals surface area contributed by atoms with Crippen molar-refractivity contribution in [3.05, 3.63) is 29.8 Å². The van der Waals surface area contributed by atoms with Gasteiger partial charge in [-0.25, -0.2) is 0 Å². The van der Waals surface area contributed by atoms with Crippen molar-refractivity contribution in [2.24, 2.45) is 5.92 Å². The van der Waals surface area contributed by atoms with Gasteiger partial charge in [0.1, 0.15) is 6.07 Å². The van der Waals surface area contributed by atoms with Gasteiger partial charge in [0.15, 0.2) is 5.60 Å². The number of nitrogens with one attached hydrogen (secondary N) is 1. The average molecular weight is 345 g/mol. The number of hydrogen-bond acceptors (Lipinski definition) is 5. The van der Waals surface area contributed by atoms with Crippen LogP contribution in [0.4, 0.5) is 5.69 Å². The van der Waals surface area contributed by atoms with Crippen molar-refractivity contribution in [1.29, 1.82) is 5.26 Å². The van der Waals surface area contributed by atoms with Crippen LogP contribution in [0.25, 0.3) is 0 Å². The number of thioether (sulfide) groups is 1. The SMILES string of the molecule is N#Cc1ccccc1N1CCC(CNC(=O)C2(O)CCSC2)CC1. The van der Waals surface area contributed by atoms with E-state index in [-0.39, 0.29) is 5.91 Å². The standard InChI is InChI=1S/C18H23N3O2S/c19-11-15-3-1-2-4-16(15)21-8-5-14(6-9-21)12-20-17(22)18(23)7-10-24-13-18/h1-4,14,23H,5-10,12-13H2,(H,20,22). The highest BCUT2D eigenvalue weighted by atomic mass is 32.2. The number of anilines is 1. The third-order valence-corrected chi connectivity index (χ3v) is 6.13. The molecule has 2 heterocycles. The van der Waals surface area contributed by atoms with Crippen LogP contribution in [0.1, 0.15) is 24.8 Å². The Morgan fingerprint density at radius 2 is 2.17 bits per heavy atom. The molecule has 1 unspecified atom stereocenters. The molecule has 1 aromatic carbocycles. The van der Waals surface area contributed by atoms with E-state index in [0.717, 1.165) is 37.4 Å². The summed E-state index contributed by atoms with van der Waals surface area (Å²) >= 11 is 1.63. The summed E-state index contributed by atoms with van der Waals surface area (Å²) in [4.78, 5) is 14.4. The summed E-state index contributed by atoms with van der Waals surface area (Å²) in [5.74, 6) is 1.56. The van der Waals surface area contributed by atoms with Gasteiger partial charge < -0.3 is 15.3 Å². The largest absolute Gasteiger partial charge is 0.379 e. The number of piperidine rings is 1. The van der Waals surface area contributed by atoms with Gasteiger partial charge in [0.25, 0.3) is 5.91 Å². The molecule has 2 fully saturated rings. The van der Waals surface area contributed by atoms with Crippen molar-refractivity contribution in [2.45, 2.75) is 24.9 Å². The normalized spacial score (nSPS) is 24.6. The zero-order valence-corrected chi connectivity index (χ0v) is 14.5. The molecule has 2 N–H and O–H groups in total. The van der Waals surface area contributed by atoms with Crippen LogP contribution < -0.4 is 10.2 Å². The Morgan fingerprint density at radius 1 is 1.42 bits per heavy atom. The highest BCUT2D eigenvalue weighted by Gasteiger charge is 2.39. The smallest absolute Gasteiger partial charge is 0.252 e. The van der Waals surface area contributed by atoms with Gasteiger partial charge in [0, 0.05) is 25.4 Å². The fourth-order valence-electron chi connectivity index (χ4n) is 3.36. The highest BCUT2D eigenvalue weighted by Crippen LogP contribution is 2.29. The van der Waals surface area contributed by atoms with E-state index in [1.807, 2.05) is 24.3 Å². The molecule has 0 spiro atoms. The lowest BCUT2D eigenvalue weighted by Gasteiger charge is -2.34. The number of amides is 1. The molecular formula is C18H23N3O2S. The molecule has 0 saturated carbocycles. The molecule has 1 atom stereocenters. The van der Waals surface area contributed by atoms with E-state index in [0.29, 0.717) is 30.2 Å². The molecule has 2 aliphatic rings. The van der Waals surface area contributed by atoms with E-state index < -0.39 is 5.60 Å². The molecule has 1 amide bonds. The number of rotatable bonds is 4. The van der Waals surface area contributed by atoms with Crippen LogP contribution in [-0.2, 0) is 4.79 Å². The Labute approximate surface area is 147 Å². The number of benzene rings is 1. The molecule has 5 nitrogen and oxygen atoms in total. The molecule has 128 valence electrons. The van der Waals surface area contributed by atoms with Gasteiger partial charge in [0.05, 0.1) is 11.3 Å². The van der Waals surface area contributed by atoms with Crippen molar-refractivity contribution in [2.75, 3.05) is 36.0 Å². The number of nitrogens with zero attached hydrogens (tertiary/aromatic N) is 2. The molecule has 0 bridgehead atoms. The van der Waals surface area contributed by atoms with Gasteiger partial charge in [-0.05, 0) is 43.1 Å². The van der Waals surface area contributed by atoms with Crippen LogP contribution in [0.5, 0.6) is 0 Å². The molecule has 2 aliphatic heterocycles. The van der Waals surface area contributed by atoms with Crippen LogP contribution in [0.3, 0.4) is 0 Å². The van der Waals surface area contributed by atoms with Crippen molar-refractivity contribution >= 4 is 23.4 Å². The fourth-order valence-corrected chi connectivity index (χ4v) is 4.60. The van der Waals surface area contributed by atoms with Crippen LogP contribution in [0, 0.1) is 17.2 Å². The quantitative estimate of drug-likeness (QED) is 0.870. The van der Waals surface area contributed by atoms with E-state index >= 15 is 0 Å². The van der Waals surface area contributed by atoms with E-state index in [9.17, 15) is 15.2 Å². The Bertz CT molecular complexity index is 629. The third kappa shape index (κ3) is 3.68. The molecular weight excluding hydrogens is 322 g/mol. The summed E-state index contributed by atoms with van der Waals surface area (Å²) in [6.07, 6.45) is 2.51. The van der Waals surface area contributed by atoms with Crippen molar-refractivity contribution in [3.8, 4) is 6.07 Å². The van der Waals surface area contributed by atoms with Crippen LogP contribution in [0.15, 0.2) is 24.3 Å². The van der Waals surface area contributed by atoms with Crippen LogP contribution >= 0.6 is 11.8 Å². The van der Waals surface area contributed by atoms with Gasteiger partial charge in [0.2, 0.25) is 0 Å². The zero-order chi connectivity index (χ0) is 17.0. The maximum absolute atomic E-state index is 12.2. The predicted molar refractivity (Wildman–Crippen MR) is 96.0 cm³/mol. The Hall–Kier alpha value is -1.71. The lowest BCUT2D eigenvalue weighted by Crippen LogP contribution is -2.49. The molecule has 24 heavy (non-hydrogen) atoms. The number of carbonyl (C=O) groups is 1. The van der Waals surface area contributed by atoms with Gasteiger partial charge in [-0.2, -0.15) is 17.0 Å². The van der Waals surface area contributed by atoms with Crippen molar-refractivity contribution in [3.63, 3.8) is 0 Å². The molecule has 6 heteroatoms. The van der Waals surface area contributed by atoms with E-state index in [1.165, 1.54) is 0 Å². The Kier molecular flexibility index (Phi) is 5.32. The maximum Gasteiger partial charge on any atom is 0.252 e. The maximum atomic E-state index is 12.2. The zero-order valence-electron chi connectivity index (χ0n) is 13.7. The van der Waals surface area contributed by atoms with Crippen molar-refractivity contribution in [1.82, 2.24) is 5.32 Å². The lowest BCUT2D eigenvalue weighted by atomic mass is 9.95. The first-order valence-corrected chi connectivity index (χ1v) is 9.60. The topological polar surface area (TPSA) is 76.4 Å². The summed E-state index contributed by atoms with van der Waals surface area (Å²) in [5.41, 5.74) is 0.543. The minimum atomic E-state index is -1.17. The van der Waals surface area contributed by atoms with Gasteiger partial charge in [-0.1, -0.05) is 12.1 Å². The lowest BCUT2D eigenvalue weighted by molar-refractivity contribution is -0.137. The second kappa shape index (κ2) is 7.45. The summed E-state index contributed by atoms with van der Waals surface area (Å²) in [7, 11) is 0. The Morgan fingerprint density at radius 3 is 2.83 bits per heavy atom. The minimum Gasteiger partial charge on any atom is -0.379 e. The molecule has 2 saturated heterocycles. The molecule has 0 radical (unpaired) electrons. The molecule has 0 aromatic heterocycles. The Balaban J connectivity index is 1.49. The first-order chi connectivity index (χ1) is 11.6. The summed E-state index contributed by atoms with van der Waals surface area (Å²) in [5, 5.41) is 22.4. The minimum absolute atomic E-state index is 0.218. The fraction of sp³-hybridized carbons (Fsp3) is 0.556. The van der Waals surface area contributed by atoms with E-state index in [1.54, 1.807) is 11.8 Å². The van der Waals surface area contributed by atoms with Crippen LogP contribution in [-0.4, -0.2) is 47.8 Å².